The number of piperidine rings is 1. The van der Waals surface area contributed by atoms with E-state index in [1.807, 2.05) is 11.0 Å². The third-order valence-corrected chi connectivity index (χ3v) is 3.27. The molecule has 1 aromatic rings. The number of likely N-dealkylation sites (tertiary alicyclic amines) is 1. The molecule has 1 aromatic carbocycles. The maximum absolute atomic E-state index is 13.3. The Kier molecular flexibility index (Phi) is 4.56. The van der Waals surface area contributed by atoms with Gasteiger partial charge in [0.15, 0.2) is 0 Å². The molecule has 0 unspecified atom stereocenters. The molecule has 0 saturated carbocycles. The molecule has 0 aliphatic carbocycles. The first-order valence-corrected chi connectivity index (χ1v) is 6.53. The third kappa shape index (κ3) is 3.45. The van der Waals surface area contributed by atoms with Gasteiger partial charge >= 0.3 is 6.03 Å². The van der Waals surface area contributed by atoms with Crippen molar-refractivity contribution < 1.29 is 9.18 Å². The summed E-state index contributed by atoms with van der Waals surface area (Å²) >= 11 is 0. The Labute approximate surface area is 107 Å². The van der Waals surface area contributed by atoms with Crippen LogP contribution in [-0.4, -0.2) is 30.6 Å². The maximum atomic E-state index is 13.3. The van der Waals surface area contributed by atoms with Crippen molar-refractivity contribution in [3.8, 4) is 0 Å². The number of benzene rings is 1. The van der Waals surface area contributed by atoms with Gasteiger partial charge in [-0.3, -0.25) is 0 Å². The van der Waals surface area contributed by atoms with E-state index in [4.69, 9.17) is 0 Å². The first kappa shape index (κ1) is 12.9. The van der Waals surface area contributed by atoms with Gasteiger partial charge in [-0.1, -0.05) is 18.2 Å². The highest BCUT2D eigenvalue weighted by Crippen LogP contribution is 2.09. The molecule has 18 heavy (non-hydrogen) atoms. The Morgan fingerprint density at radius 2 is 1.94 bits per heavy atom. The molecule has 2 amide bonds. The minimum atomic E-state index is -0.204. The summed E-state index contributed by atoms with van der Waals surface area (Å²) < 4.78 is 13.3. The SMILES string of the molecule is O=C(NCCc1ccccc1F)N1CCCCC1. The van der Waals surface area contributed by atoms with Crippen molar-refractivity contribution in [1.29, 1.82) is 0 Å². The molecule has 98 valence electrons. The normalized spacial score (nSPS) is 15.5. The predicted octanol–water partition coefficient (Wildman–Crippen LogP) is 2.56. The number of nitrogens with one attached hydrogen (secondary N) is 1. The van der Waals surface area contributed by atoms with Gasteiger partial charge in [0, 0.05) is 19.6 Å². The van der Waals surface area contributed by atoms with Gasteiger partial charge < -0.3 is 10.2 Å². The van der Waals surface area contributed by atoms with Crippen LogP contribution in [0, 0.1) is 5.82 Å². The Morgan fingerprint density at radius 3 is 2.67 bits per heavy atom. The quantitative estimate of drug-likeness (QED) is 0.878. The van der Waals surface area contributed by atoms with E-state index in [9.17, 15) is 9.18 Å². The van der Waals surface area contributed by atoms with Gasteiger partial charge in [0.1, 0.15) is 5.82 Å². The van der Waals surface area contributed by atoms with Crippen LogP contribution in [-0.2, 0) is 6.42 Å². The number of urea groups is 1. The molecule has 0 atom stereocenters. The molecule has 2 rings (SSSR count). The Morgan fingerprint density at radius 1 is 1.22 bits per heavy atom. The van der Waals surface area contributed by atoms with E-state index in [1.165, 1.54) is 12.5 Å². The number of rotatable bonds is 3. The Balaban J connectivity index is 1.75. The van der Waals surface area contributed by atoms with E-state index in [1.54, 1.807) is 12.1 Å². The lowest BCUT2D eigenvalue weighted by Crippen LogP contribution is -2.43. The van der Waals surface area contributed by atoms with Crippen LogP contribution in [0.4, 0.5) is 9.18 Å². The summed E-state index contributed by atoms with van der Waals surface area (Å²) in [7, 11) is 0. The molecule has 0 radical (unpaired) electrons. The summed E-state index contributed by atoms with van der Waals surface area (Å²) in [6.07, 6.45) is 3.91. The molecule has 0 spiro atoms. The fourth-order valence-corrected chi connectivity index (χ4v) is 2.21. The summed E-state index contributed by atoms with van der Waals surface area (Å²) in [4.78, 5) is 13.6. The maximum Gasteiger partial charge on any atom is 0.317 e. The van der Waals surface area contributed by atoms with Crippen LogP contribution in [0.2, 0.25) is 0 Å². The molecule has 1 fully saturated rings. The number of hydrogen-bond acceptors (Lipinski definition) is 1. The lowest BCUT2D eigenvalue weighted by atomic mass is 10.1. The van der Waals surface area contributed by atoms with Crippen molar-refractivity contribution in [2.45, 2.75) is 25.7 Å². The van der Waals surface area contributed by atoms with Crippen molar-refractivity contribution in [3.05, 3.63) is 35.6 Å². The summed E-state index contributed by atoms with van der Waals surface area (Å²) in [5.41, 5.74) is 0.649. The van der Waals surface area contributed by atoms with Gasteiger partial charge in [0.05, 0.1) is 0 Å². The van der Waals surface area contributed by atoms with Crippen molar-refractivity contribution >= 4 is 6.03 Å². The molecule has 0 bridgehead atoms. The van der Waals surface area contributed by atoms with E-state index in [0.717, 1.165) is 25.9 Å². The van der Waals surface area contributed by atoms with Gasteiger partial charge in [0.25, 0.3) is 0 Å². The van der Waals surface area contributed by atoms with Gasteiger partial charge in [-0.2, -0.15) is 0 Å². The molecular weight excluding hydrogens is 231 g/mol. The average Bonchev–Trinajstić information content (AvgIpc) is 2.42. The highest BCUT2D eigenvalue weighted by atomic mass is 19.1. The standard InChI is InChI=1S/C14H19FN2O/c15-13-7-3-2-6-12(13)8-9-16-14(18)17-10-4-1-5-11-17/h2-3,6-7H,1,4-5,8-11H2,(H,16,18). The zero-order valence-electron chi connectivity index (χ0n) is 10.5. The van der Waals surface area contributed by atoms with Gasteiger partial charge in [-0.25, -0.2) is 9.18 Å². The monoisotopic (exact) mass is 250 g/mol. The summed E-state index contributed by atoms with van der Waals surface area (Å²) in [6, 6.07) is 6.66. The minimum absolute atomic E-state index is 0.0222. The fourth-order valence-electron chi connectivity index (χ4n) is 2.21. The van der Waals surface area contributed by atoms with Crippen LogP contribution in [0.1, 0.15) is 24.8 Å². The molecule has 3 nitrogen and oxygen atoms in total. The number of carbonyl (C=O) groups is 1. The van der Waals surface area contributed by atoms with Crippen molar-refractivity contribution in [2.75, 3.05) is 19.6 Å². The van der Waals surface area contributed by atoms with E-state index in [2.05, 4.69) is 5.32 Å². The highest BCUT2D eigenvalue weighted by Gasteiger charge is 2.15. The summed E-state index contributed by atoms with van der Waals surface area (Å²) in [5.74, 6) is -0.204. The van der Waals surface area contributed by atoms with Crippen LogP contribution < -0.4 is 5.32 Å². The largest absolute Gasteiger partial charge is 0.338 e. The predicted molar refractivity (Wildman–Crippen MR) is 68.9 cm³/mol. The van der Waals surface area contributed by atoms with E-state index in [-0.39, 0.29) is 11.8 Å². The van der Waals surface area contributed by atoms with E-state index in [0.29, 0.717) is 18.5 Å². The van der Waals surface area contributed by atoms with E-state index < -0.39 is 0 Å². The van der Waals surface area contributed by atoms with Crippen LogP contribution in [0.3, 0.4) is 0 Å². The lowest BCUT2D eigenvalue weighted by molar-refractivity contribution is 0.186. The lowest BCUT2D eigenvalue weighted by Gasteiger charge is -2.26. The smallest absolute Gasteiger partial charge is 0.317 e. The van der Waals surface area contributed by atoms with Crippen LogP contribution in [0.15, 0.2) is 24.3 Å². The number of halogens is 1. The molecule has 1 heterocycles. The molecule has 1 saturated heterocycles. The van der Waals surface area contributed by atoms with Crippen molar-refractivity contribution in [3.63, 3.8) is 0 Å². The highest BCUT2D eigenvalue weighted by molar-refractivity contribution is 5.74. The van der Waals surface area contributed by atoms with Gasteiger partial charge in [0.2, 0.25) is 0 Å². The summed E-state index contributed by atoms with van der Waals surface area (Å²) in [5, 5.41) is 2.85. The molecule has 1 aliphatic rings. The zero-order valence-corrected chi connectivity index (χ0v) is 10.5. The number of nitrogens with zero attached hydrogens (tertiary/aromatic N) is 1. The van der Waals surface area contributed by atoms with Crippen LogP contribution in [0.5, 0.6) is 0 Å². The third-order valence-electron chi connectivity index (χ3n) is 3.27. The number of amides is 2. The Hall–Kier alpha value is -1.58. The van der Waals surface area contributed by atoms with Crippen LogP contribution in [0.25, 0.3) is 0 Å². The second-order valence-electron chi connectivity index (χ2n) is 4.62. The van der Waals surface area contributed by atoms with Gasteiger partial charge in [-0.15, -0.1) is 0 Å². The molecule has 0 aromatic heterocycles. The second kappa shape index (κ2) is 6.38. The molecule has 4 heteroatoms. The topological polar surface area (TPSA) is 32.3 Å². The number of carbonyl (C=O) groups excluding carboxylic acids is 1. The first-order valence-electron chi connectivity index (χ1n) is 6.53. The van der Waals surface area contributed by atoms with E-state index >= 15 is 0 Å². The zero-order chi connectivity index (χ0) is 12.8. The van der Waals surface area contributed by atoms with Crippen molar-refractivity contribution in [1.82, 2.24) is 10.2 Å². The van der Waals surface area contributed by atoms with Crippen LogP contribution >= 0.6 is 0 Å². The van der Waals surface area contributed by atoms with Gasteiger partial charge in [-0.05, 0) is 37.3 Å². The number of hydrogen-bond donors (Lipinski definition) is 1. The van der Waals surface area contributed by atoms with Crippen molar-refractivity contribution in [2.24, 2.45) is 0 Å². The molecular formula is C14H19FN2O. The molecule has 1 aliphatic heterocycles. The summed E-state index contributed by atoms with van der Waals surface area (Å²) in [6.45, 7) is 2.16. The second-order valence-corrected chi connectivity index (χ2v) is 4.62. The minimum Gasteiger partial charge on any atom is -0.338 e. The molecule has 1 N–H and O–H groups in total. The first-order chi connectivity index (χ1) is 8.77. The fraction of sp³-hybridized carbons (Fsp3) is 0.500. The average molecular weight is 250 g/mol. The Bertz CT molecular complexity index is 403.